The average Bonchev–Trinajstić information content (AvgIpc) is 3.00. The van der Waals surface area contributed by atoms with Gasteiger partial charge in [-0.1, -0.05) is 30.3 Å². The predicted molar refractivity (Wildman–Crippen MR) is 84.2 cm³/mol. The van der Waals surface area contributed by atoms with Gasteiger partial charge in [-0.3, -0.25) is 9.59 Å². The molecule has 0 bridgehead atoms. The van der Waals surface area contributed by atoms with E-state index in [1.165, 1.54) is 4.57 Å². The maximum atomic E-state index is 12.3. The van der Waals surface area contributed by atoms with Crippen LogP contribution < -0.4 is 16.2 Å². The van der Waals surface area contributed by atoms with Crippen LogP contribution in [-0.4, -0.2) is 10.5 Å². The van der Waals surface area contributed by atoms with Crippen LogP contribution in [0.4, 0.5) is 0 Å². The topological polar surface area (TPSA) is 63.1 Å². The molecule has 114 valence electrons. The Morgan fingerprint density at radius 2 is 2.05 bits per heavy atom. The van der Waals surface area contributed by atoms with Crippen LogP contribution in [0.2, 0.25) is 0 Å². The maximum Gasteiger partial charge on any atom is 0.255 e. The van der Waals surface area contributed by atoms with E-state index in [0.29, 0.717) is 6.54 Å². The normalized spacial score (nSPS) is 14.4. The quantitative estimate of drug-likeness (QED) is 0.895. The molecule has 1 amide bonds. The molecular formula is C17H19N3O2. The van der Waals surface area contributed by atoms with Gasteiger partial charge in [0.25, 0.3) is 5.56 Å². The van der Waals surface area contributed by atoms with Crippen molar-refractivity contribution in [2.24, 2.45) is 0 Å². The van der Waals surface area contributed by atoms with E-state index in [9.17, 15) is 9.59 Å². The van der Waals surface area contributed by atoms with Crippen molar-refractivity contribution >= 4 is 5.91 Å². The van der Waals surface area contributed by atoms with Crippen LogP contribution in [-0.2, 0) is 24.4 Å². The first-order chi connectivity index (χ1) is 10.6. The monoisotopic (exact) mass is 297 g/mol. The van der Waals surface area contributed by atoms with Gasteiger partial charge in [-0.05, 0) is 24.1 Å². The molecular weight excluding hydrogens is 278 g/mol. The van der Waals surface area contributed by atoms with Crippen LogP contribution in [0.15, 0.2) is 47.4 Å². The number of nitrogens with zero attached hydrogens (tertiary/aromatic N) is 1. The maximum absolute atomic E-state index is 12.3. The number of hydrogen-bond donors (Lipinski definition) is 2. The van der Waals surface area contributed by atoms with Crippen molar-refractivity contribution < 1.29 is 4.79 Å². The van der Waals surface area contributed by atoms with Crippen molar-refractivity contribution in [1.82, 2.24) is 15.2 Å². The number of carbonyl (C=O) groups is 1. The predicted octanol–water partition coefficient (Wildman–Crippen LogP) is 1.33. The average molecular weight is 297 g/mol. The largest absolute Gasteiger partial charge is 0.348 e. The number of nitrogens with one attached hydrogen (secondary N) is 2. The highest BCUT2D eigenvalue weighted by Gasteiger charge is 2.16. The lowest BCUT2D eigenvalue weighted by molar-refractivity contribution is -0.122. The van der Waals surface area contributed by atoms with Gasteiger partial charge in [0.15, 0.2) is 0 Å². The van der Waals surface area contributed by atoms with Crippen molar-refractivity contribution in [3.8, 4) is 0 Å². The second-order valence-electron chi connectivity index (χ2n) is 5.56. The number of pyridine rings is 1. The third-order valence-corrected chi connectivity index (χ3v) is 3.97. The fraction of sp³-hybridized carbons (Fsp3) is 0.294. The molecule has 5 nitrogen and oxygen atoms in total. The van der Waals surface area contributed by atoms with Gasteiger partial charge >= 0.3 is 0 Å². The molecule has 0 radical (unpaired) electrons. The fourth-order valence-electron chi connectivity index (χ4n) is 2.73. The molecule has 0 fully saturated rings. The molecule has 0 saturated carbocycles. The highest BCUT2D eigenvalue weighted by molar-refractivity contribution is 5.76. The Morgan fingerprint density at radius 3 is 2.82 bits per heavy atom. The van der Waals surface area contributed by atoms with E-state index in [-0.39, 0.29) is 24.1 Å². The molecule has 0 spiro atoms. The highest BCUT2D eigenvalue weighted by Crippen LogP contribution is 2.12. The Bertz CT molecular complexity index is 737. The van der Waals surface area contributed by atoms with Gasteiger partial charge < -0.3 is 15.2 Å². The summed E-state index contributed by atoms with van der Waals surface area (Å²) in [5, 5.41) is 6.07. The zero-order valence-electron chi connectivity index (χ0n) is 12.5. The molecule has 1 aromatic heterocycles. The minimum absolute atomic E-state index is 0.0449. The summed E-state index contributed by atoms with van der Waals surface area (Å²) in [6.45, 7) is 3.28. The molecule has 0 unspecified atom stereocenters. The van der Waals surface area contributed by atoms with Crippen molar-refractivity contribution in [2.45, 2.75) is 32.6 Å². The zero-order valence-corrected chi connectivity index (χ0v) is 12.5. The lowest BCUT2D eigenvalue weighted by Crippen LogP contribution is -2.34. The molecule has 1 atom stereocenters. The molecule has 2 heterocycles. The molecule has 0 saturated heterocycles. The summed E-state index contributed by atoms with van der Waals surface area (Å²) in [6, 6.07) is 11.6. The number of carbonyl (C=O) groups excluding carboxylic acids is 1. The standard InChI is InChI=1S/C17H19N3O2/c1-12(13-5-3-2-4-6-13)19-16(21)11-20-8-7-14-9-18-10-15(14)17(20)22/h2-8,12,18H,9-11H2,1H3,(H,19,21)/t12-/m0/s1. The van der Waals surface area contributed by atoms with E-state index in [0.717, 1.165) is 23.2 Å². The Kier molecular flexibility index (Phi) is 4.06. The summed E-state index contributed by atoms with van der Waals surface area (Å²) in [7, 11) is 0. The molecule has 2 N–H and O–H groups in total. The lowest BCUT2D eigenvalue weighted by atomic mass is 10.1. The van der Waals surface area contributed by atoms with E-state index in [4.69, 9.17) is 0 Å². The minimum atomic E-state index is -0.163. The van der Waals surface area contributed by atoms with Gasteiger partial charge in [-0.25, -0.2) is 0 Å². The van der Waals surface area contributed by atoms with Gasteiger partial charge in [0.1, 0.15) is 6.54 Å². The smallest absolute Gasteiger partial charge is 0.255 e. The Morgan fingerprint density at radius 1 is 1.27 bits per heavy atom. The van der Waals surface area contributed by atoms with Crippen LogP contribution >= 0.6 is 0 Å². The number of rotatable bonds is 4. The summed E-state index contributed by atoms with van der Waals surface area (Å²) in [5.41, 5.74) is 2.76. The fourth-order valence-corrected chi connectivity index (χ4v) is 2.73. The Balaban J connectivity index is 1.69. The van der Waals surface area contributed by atoms with Crippen LogP contribution in [0.1, 0.15) is 29.7 Å². The first-order valence-electron chi connectivity index (χ1n) is 7.41. The van der Waals surface area contributed by atoms with E-state index >= 15 is 0 Å². The molecule has 3 rings (SSSR count). The second kappa shape index (κ2) is 6.15. The van der Waals surface area contributed by atoms with Gasteiger partial charge in [0.05, 0.1) is 6.04 Å². The minimum Gasteiger partial charge on any atom is -0.348 e. The van der Waals surface area contributed by atoms with Crippen LogP contribution in [0.3, 0.4) is 0 Å². The lowest BCUT2D eigenvalue weighted by Gasteiger charge is -2.15. The van der Waals surface area contributed by atoms with E-state index < -0.39 is 0 Å². The summed E-state index contributed by atoms with van der Waals surface area (Å²) in [6.07, 6.45) is 1.70. The van der Waals surface area contributed by atoms with Crippen molar-refractivity contribution in [2.75, 3.05) is 0 Å². The van der Waals surface area contributed by atoms with Crippen LogP contribution in [0.5, 0.6) is 0 Å². The van der Waals surface area contributed by atoms with E-state index in [2.05, 4.69) is 10.6 Å². The summed E-state index contributed by atoms with van der Waals surface area (Å²) in [5.74, 6) is -0.163. The highest BCUT2D eigenvalue weighted by atomic mass is 16.2. The zero-order chi connectivity index (χ0) is 15.5. The molecule has 5 heteroatoms. The Labute approximate surface area is 129 Å². The molecule has 22 heavy (non-hydrogen) atoms. The first kappa shape index (κ1) is 14.5. The van der Waals surface area contributed by atoms with Gasteiger partial charge in [0.2, 0.25) is 5.91 Å². The molecule has 2 aromatic rings. The summed E-state index contributed by atoms with van der Waals surface area (Å²) in [4.78, 5) is 24.5. The van der Waals surface area contributed by atoms with E-state index in [1.54, 1.807) is 6.20 Å². The van der Waals surface area contributed by atoms with Gasteiger partial charge in [0, 0.05) is 24.8 Å². The molecule has 1 aromatic carbocycles. The number of benzene rings is 1. The third-order valence-electron chi connectivity index (χ3n) is 3.97. The molecule has 1 aliphatic rings. The van der Waals surface area contributed by atoms with Crippen molar-refractivity contribution in [3.63, 3.8) is 0 Å². The summed E-state index contributed by atoms with van der Waals surface area (Å²) < 4.78 is 1.47. The van der Waals surface area contributed by atoms with Gasteiger partial charge in [-0.15, -0.1) is 0 Å². The van der Waals surface area contributed by atoms with Gasteiger partial charge in [-0.2, -0.15) is 0 Å². The van der Waals surface area contributed by atoms with Crippen molar-refractivity contribution in [3.05, 3.63) is 69.6 Å². The van der Waals surface area contributed by atoms with E-state index in [1.807, 2.05) is 43.3 Å². The number of fused-ring (bicyclic) bond motifs is 1. The molecule has 1 aliphatic heterocycles. The summed E-state index contributed by atoms with van der Waals surface area (Å²) >= 11 is 0. The third kappa shape index (κ3) is 2.94. The first-order valence-corrected chi connectivity index (χ1v) is 7.41. The Hall–Kier alpha value is -2.40. The number of aromatic nitrogens is 1. The second-order valence-corrected chi connectivity index (χ2v) is 5.56. The van der Waals surface area contributed by atoms with Crippen LogP contribution in [0, 0.1) is 0 Å². The molecule has 0 aliphatic carbocycles. The van der Waals surface area contributed by atoms with Crippen molar-refractivity contribution in [1.29, 1.82) is 0 Å². The van der Waals surface area contributed by atoms with Crippen LogP contribution in [0.25, 0.3) is 0 Å². The number of hydrogen-bond acceptors (Lipinski definition) is 3. The number of amides is 1. The SMILES string of the molecule is C[C@H](NC(=O)Cn1ccc2c(c1=O)CNC2)c1ccccc1.